The summed E-state index contributed by atoms with van der Waals surface area (Å²) >= 11 is 11.8. The first kappa shape index (κ1) is 22.0. The van der Waals surface area contributed by atoms with Crippen molar-refractivity contribution in [2.24, 2.45) is 10.2 Å². The number of carbonyl (C=O) groups excluding carboxylic acids is 1. The van der Waals surface area contributed by atoms with E-state index in [0.717, 1.165) is 22.6 Å². The lowest BCUT2D eigenvalue weighted by atomic mass is 10.2. The van der Waals surface area contributed by atoms with E-state index in [1.54, 1.807) is 18.2 Å². The summed E-state index contributed by atoms with van der Waals surface area (Å²) in [6.07, 6.45) is 1.53. The molecule has 1 aromatic heterocycles. The van der Waals surface area contributed by atoms with Crippen LogP contribution in [0.2, 0.25) is 10.0 Å². The van der Waals surface area contributed by atoms with Gasteiger partial charge in [0.25, 0.3) is 5.91 Å². The van der Waals surface area contributed by atoms with E-state index in [2.05, 4.69) is 10.5 Å². The van der Waals surface area contributed by atoms with Crippen LogP contribution >= 0.6 is 23.2 Å². The number of rotatable bonds is 5. The normalized spacial score (nSPS) is 11.8. The van der Waals surface area contributed by atoms with Crippen molar-refractivity contribution in [1.82, 2.24) is 9.99 Å². The maximum Gasteiger partial charge on any atom is 0.271 e. The number of nitrogens with zero attached hydrogens (tertiary/aromatic N) is 2. The van der Waals surface area contributed by atoms with Crippen LogP contribution in [0, 0.1) is 13.8 Å². The minimum atomic E-state index is -3.75. The van der Waals surface area contributed by atoms with E-state index in [1.165, 1.54) is 30.5 Å². The lowest BCUT2D eigenvalue weighted by molar-refractivity contribution is 0.0955. The number of benzene rings is 2. The minimum Gasteiger partial charge on any atom is -0.318 e. The zero-order valence-corrected chi connectivity index (χ0v) is 18.4. The standard InChI is InChI=1S/C20H18Cl2N4O3S/c1-12-9-15(11-24-25-20(27)14-3-8-18(21)19(22)10-14)13(2)26(12)16-4-6-17(7-5-16)30(23,28)29/h3-11H,1-2H3,(H,25,27)(H2,23,28,29)/b24-11-. The van der Waals surface area contributed by atoms with Crippen molar-refractivity contribution in [3.8, 4) is 5.69 Å². The molecule has 0 saturated carbocycles. The number of halogens is 2. The molecule has 7 nitrogen and oxygen atoms in total. The lowest BCUT2D eigenvalue weighted by Gasteiger charge is -2.10. The van der Waals surface area contributed by atoms with Crippen molar-refractivity contribution >= 4 is 45.3 Å². The number of nitrogens with two attached hydrogens (primary N) is 1. The van der Waals surface area contributed by atoms with E-state index in [0.29, 0.717) is 10.6 Å². The quantitative estimate of drug-likeness (QED) is 0.442. The molecule has 0 aliphatic heterocycles. The number of aryl methyl sites for hydroxylation is 1. The maximum absolute atomic E-state index is 12.2. The van der Waals surface area contributed by atoms with Gasteiger partial charge in [-0.15, -0.1) is 0 Å². The predicted molar refractivity (Wildman–Crippen MR) is 118 cm³/mol. The molecular formula is C20H18Cl2N4O3S. The average molecular weight is 465 g/mol. The van der Waals surface area contributed by atoms with Crippen LogP contribution < -0.4 is 10.6 Å². The average Bonchev–Trinajstić information content (AvgIpc) is 2.96. The van der Waals surface area contributed by atoms with Gasteiger partial charge in [0.05, 0.1) is 21.2 Å². The van der Waals surface area contributed by atoms with Crippen LogP contribution in [0.3, 0.4) is 0 Å². The topological polar surface area (TPSA) is 107 Å². The Morgan fingerprint density at radius 1 is 1.07 bits per heavy atom. The van der Waals surface area contributed by atoms with Gasteiger partial charge in [0.15, 0.2) is 0 Å². The summed E-state index contributed by atoms with van der Waals surface area (Å²) in [6, 6.07) is 12.7. The highest BCUT2D eigenvalue weighted by Gasteiger charge is 2.12. The molecule has 0 aliphatic rings. The molecule has 0 atom stereocenters. The van der Waals surface area contributed by atoms with Crippen molar-refractivity contribution < 1.29 is 13.2 Å². The number of nitrogens with one attached hydrogen (secondary N) is 1. The molecule has 0 radical (unpaired) electrons. The fourth-order valence-electron chi connectivity index (χ4n) is 2.96. The predicted octanol–water partition coefficient (Wildman–Crippen LogP) is 3.81. The van der Waals surface area contributed by atoms with Crippen molar-refractivity contribution in [3.05, 3.63) is 81.1 Å². The van der Waals surface area contributed by atoms with Gasteiger partial charge in [-0.05, 0) is 62.4 Å². The molecule has 10 heteroatoms. The van der Waals surface area contributed by atoms with Gasteiger partial charge in [-0.1, -0.05) is 23.2 Å². The molecule has 0 fully saturated rings. The Hall–Kier alpha value is -2.65. The molecule has 0 saturated heterocycles. The van der Waals surface area contributed by atoms with Gasteiger partial charge in [-0.2, -0.15) is 5.10 Å². The summed E-state index contributed by atoms with van der Waals surface area (Å²) in [5.41, 5.74) is 6.13. The molecular weight excluding hydrogens is 447 g/mol. The summed E-state index contributed by atoms with van der Waals surface area (Å²) in [5, 5.41) is 9.81. The third-order valence-corrected chi connectivity index (χ3v) is 6.11. The first-order chi connectivity index (χ1) is 14.1. The molecule has 3 aromatic rings. The first-order valence-corrected chi connectivity index (χ1v) is 11.0. The number of hydrogen-bond acceptors (Lipinski definition) is 4. The highest BCUT2D eigenvalue weighted by molar-refractivity contribution is 7.89. The fourth-order valence-corrected chi connectivity index (χ4v) is 3.78. The Morgan fingerprint density at radius 2 is 1.73 bits per heavy atom. The van der Waals surface area contributed by atoms with Crippen LogP contribution in [0.15, 0.2) is 58.5 Å². The molecule has 1 amide bonds. The lowest BCUT2D eigenvalue weighted by Crippen LogP contribution is -2.17. The molecule has 0 spiro atoms. The van der Waals surface area contributed by atoms with Gasteiger partial charge in [0.2, 0.25) is 10.0 Å². The van der Waals surface area contributed by atoms with E-state index >= 15 is 0 Å². The number of hydrazone groups is 1. The summed E-state index contributed by atoms with van der Waals surface area (Å²) in [6.45, 7) is 3.80. The zero-order chi connectivity index (χ0) is 22.1. The zero-order valence-electron chi connectivity index (χ0n) is 16.1. The maximum atomic E-state index is 12.2. The molecule has 1 heterocycles. The Bertz CT molecular complexity index is 1250. The van der Waals surface area contributed by atoms with E-state index in [1.807, 2.05) is 24.5 Å². The fraction of sp³-hybridized carbons (Fsp3) is 0.100. The van der Waals surface area contributed by atoms with Crippen molar-refractivity contribution in [3.63, 3.8) is 0 Å². The molecule has 30 heavy (non-hydrogen) atoms. The molecule has 3 N–H and O–H groups in total. The number of aromatic nitrogens is 1. The highest BCUT2D eigenvalue weighted by Crippen LogP contribution is 2.23. The molecule has 2 aromatic carbocycles. The summed E-state index contributed by atoms with van der Waals surface area (Å²) in [7, 11) is -3.75. The summed E-state index contributed by atoms with van der Waals surface area (Å²) < 4.78 is 24.8. The third kappa shape index (κ3) is 4.73. The molecule has 3 rings (SSSR count). The van der Waals surface area contributed by atoms with Crippen LogP contribution in [0.5, 0.6) is 0 Å². The molecule has 0 bridgehead atoms. The van der Waals surface area contributed by atoms with Crippen molar-refractivity contribution in [1.29, 1.82) is 0 Å². The van der Waals surface area contributed by atoms with Gasteiger partial charge in [0.1, 0.15) is 0 Å². The van der Waals surface area contributed by atoms with Gasteiger partial charge >= 0.3 is 0 Å². The number of amides is 1. The Kier molecular flexibility index (Phi) is 6.33. The monoisotopic (exact) mass is 464 g/mol. The van der Waals surface area contributed by atoms with Crippen LogP contribution in [0.25, 0.3) is 5.69 Å². The van der Waals surface area contributed by atoms with Crippen LogP contribution in [0.4, 0.5) is 0 Å². The Balaban J connectivity index is 1.80. The second-order valence-electron chi connectivity index (χ2n) is 6.53. The molecule has 0 unspecified atom stereocenters. The first-order valence-electron chi connectivity index (χ1n) is 8.68. The third-order valence-electron chi connectivity index (χ3n) is 4.45. The van der Waals surface area contributed by atoms with Gasteiger partial charge in [-0.25, -0.2) is 19.0 Å². The van der Waals surface area contributed by atoms with E-state index in [9.17, 15) is 13.2 Å². The van der Waals surface area contributed by atoms with Gasteiger partial charge in [0, 0.05) is 28.2 Å². The summed E-state index contributed by atoms with van der Waals surface area (Å²) in [4.78, 5) is 12.2. The van der Waals surface area contributed by atoms with Crippen LogP contribution in [0.1, 0.15) is 27.3 Å². The van der Waals surface area contributed by atoms with Gasteiger partial charge in [-0.3, -0.25) is 4.79 Å². The van der Waals surface area contributed by atoms with Crippen molar-refractivity contribution in [2.75, 3.05) is 0 Å². The smallest absolute Gasteiger partial charge is 0.271 e. The van der Waals surface area contributed by atoms with Crippen LogP contribution in [-0.4, -0.2) is 25.1 Å². The second-order valence-corrected chi connectivity index (χ2v) is 8.90. The Morgan fingerprint density at radius 3 is 2.33 bits per heavy atom. The Labute approximate surface area is 184 Å². The van der Waals surface area contributed by atoms with E-state index in [4.69, 9.17) is 28.3 Å². The number of hydrogen-bond donors (Lipinski definition) is 2. The van der Waals surface area contributed by atoms with E-state index < -0.39 is 15.9 Å². The molecule has 0 aliphatic carbocycles. The minimum absolute atomic E-state index is 0.0421. The highest BCUT2D eigenvalue weighted by atomic mass is 35.5. The summed E-state index contributed by atoms with van der Waals surface area (Å²) in [5.74, 6) is -0.419. The largest absolute Gasteiger partial charge is 0.318 e. The number of carbonyl (C=O) groups is 1. The van der Waals surface area contributed by atoms with Gasteiger partial charge < -0.3 is 4.57 Å². The van der Waals surface area contributed by atoms with E-state index in [-0.39, 0.29) is 9.92 Å². The van der Waals surface area contributed by atoms with Crippen LogP contribution in [-0.2, 0) is 10.0 Å². The second kappa shape index (κ2) is 8.61. The molecule has 156 valence electrons. The number of sulfonamides is 1. The van der Waals surface area contributed by atoms with Crippen molar-refractivity contribution in [2.45, 2.75) is 18.7 Å². The SMILES string of the molecule is Cc1cc(/C=N\NC(=O)c2ccc(Cl)c(Cl)c2)c(C)n1-c1ccc(S(N)(=O)=O)cc1. The number of primary sulfonamides is 1.